The third-order valence-electron chi connectivity index (χ3n) is 1.82. The van der Waals surface area contributed by atoms with E-state index in [0.29, 0.717) is 6.42 Å². The Kier molecular flexibility index (Phi) is 2.04. The molecule has 0 N–H and O–H groups in total. The first-order valence-electron chi connectivity index (χ1n) is 3.97. The van der Waals surface area contributed by atoms with Gasteiger partial charge in [0.2, 0.25) is 0 Å². The molecule has 1 aliphatic rings. The molecule has 0 bridgehead atoms. The minimum absolute atomic E-state index is 0.0647. The van der Waals surface area contributed by atoms with Gasteiger partial charge in [-0.3, -0.25) is 4.79 Å². The van der Waals surface area contributed by atoms with Crippen molar-refractivity contribution in [2.75, 3.05) is 0 Å². The van der Waals surface area contributed by atoms with E-state index >= 15 is 0 Å². The molecule has 1 aliphatic heterocycles. The maximum atomic E-state index is 11.0. The molecule has 0 spiro atoms. The summed E-state index contributed by atoms with van der Waals surface area (Å²) in [6.07, 6.45) is 6.03. The Hall–Kier alpha value is -1.71. The van der Waals surface area contributed by atoms with Crippen LogP contribution in [0.1, 0.15) is 18.2 Å². The predicted octanol–water partition coefficient (Wildman–Crippen LogP) is 1.02. The molecule has 4 nitrogen and oxygen atoms in total. The fourth-order valence-electron chi connectivity index (χ4n) is 1.17. The van der Waals surface area contributed by atoms with Crippen LogP contribution in [0.15, 0.2) is 30.9 Å². The van der Waals surface area contributed by atoms with E-state index < -0.39 is 0 Å². The number of ether oxygens (including phenoxy) is 1. The van der Waals surface area contributed by atoms with Crippen molar-refractivity contribution < 1.29 is 9.53 Å². The van der Waals surface area contributed by atoms with E-state index in [1.54, 1.807) is 12.3 Å². The molecule has 0 saturated carbocycles. The molecule has 66 valence electrons. The van der Waals surface area contributed by atoms with Crippen molar-refractivity contribution in [3.63, 3.8) is 0 Å². The highest BCUT2D eigenvalue weighted by Gasteiger charge is 2.19. The Labute approximate surface area is 75.3 Å². The molecule has 1 atom stereocenters. The Morgan fingerprint density at radius 1 is 1.54 bits per heavy atom. The summed E-state index contributed by atoms with van der Waals surface area (Å²) in [7, 11) is 0. The molecule has 0 radical (unpaired) electrons. The third kappa shape index (κ3) is 1.72. The van der Waals surface area contributed by atoms with Gasteiger partial charge in [0, 0.05) is 12.3 Å². The van der Waals surface area contributed by atoms with Crippen molar-refractivity contribution in [1.82, 2.24) is 9.97 Å². The molecule has 0 amide bonds. The monoisotopic (exact) mass is 176 g/mol. The number of carbonyl (C=O) groups is 1. The summed E-state index contributed by atoms with van der Waals surface area (Å²) >= 11 is 0. The van der Waals surface area contributed by atoms with E-state index in [4.69, 9.17) is 4.74 Å². The second-order valence-corrected chi connectivity index (χ2v) is 2.73. The maximum Gasteiger partial charge on any atom is 0.162 e. The quantitative estimate of drug-likeness (QED) is 0.641. The smallest absolute Gasteiger partial charge is 0.162 e. The van der Waals surface area contributed by atoms with E-state index in [-0.39, 0.29) is 11.9 Å². The summed E-state index contributed by atoms with van der Waals surface area (Å²) in [5.41, 5.74) is 0.743. The summed E-state index contributed by atoms with van der Waals surface area (Å²) in [5.74, 6) is 0.0647. The molecule has 1 aromatic heterocycles. The molecule has 1 unspecified atom stereocenters. The van der Waals surface area contributed by atoms with Gasteiger partial charge in [-0.15, -0.1) is 0 Å². The van der Waals surface area contributed by atoms with Gasteiger partial charge in [-0.25, -0.2) is 9.97 Å². The van der Waals surface area contributed by atoms with Crippen LogP contribution >= 0.6 is 0 Å². The molecule has 2 heterocycles. The van der Waals surface area contributed by atoms with E-state index in [9.17, 15) is 4.79 Å². The van der Waals surface area contributed by atoms with E-state index in [1.165, 1.54) is 18.7 Å². The second kappa shape index (κ2) is 3.35. The van der Waals surface area contributed by atoms with E-state index in [1.807, 2.05) is 0 Å². The Morgan fingerprint density at radius 2 is 2.46 bits per heavy atom. The lowest BCUT2D eigenvalue weighted by Crippen LogP contribution is -2.12. The molecule has 0 aromatic carbocycles. The largest absolute Gasteiger partial charge is 0.491 e. The van der Waals surface area contributed by atoms with Gasteiger partial charge >= 0.3 is 0 Å². The zero-order chi connectivity index (χ0) is 9.10. The van der Waals surface area contributed by atoms with Gasteiger partial charge in [0.05, 0.1) is 18.4 Å². The fraction of sp³-hybridized carbons (Fsp3) is 0.222. The van der Waals surface area contributed by atoms with Crippen LogP contribution in [0.4, 0.5) is 0 Å². The Morgan fingerprint density at radius 3 is 3.15 bits per heavy atom. The van der Waals surface area contributed by atoms with Crippen molar-refractivity contribution in [2.24, 2.45) is 0 Å². The molecule has 0 aliphatic carbocycles. The van der Waals surface area contributed by atoms with Crippen LogP contribution in [0.5, 0.6) is 0 Å². The van der Waals surface area contributed by atoms with Crippen LogP contribution in [0.3, 0.4) is 0 Å². The average Bonchev–Trinajstić information content (AvgIpc) is 2.19. The summed E-state index contributed by atoms with van der Waals surface area (Å²) in [4.78, 5) is 18.8. The van der Waals surface area contributed by atoms with E-state index in [0.717, 1.165) is 5.69 Å². The lowest BCUT2D eigenvalue weighted by atomic mass is 10.1. The molecule has 0 fully saturated rings. The van der Waals surface area contributed by atoms with Gasteiger partial charge in [0.15, 0.2) is 5.78 Å². The number of aromatic nitrogens is 2. The minimum Gasteiger partial charge on any atom is -0.491 e. The minimum atomic E-state index is -0.250. The van der Waals surface area contributed by atoms with Gasteiger partial charge in [-0.05, 0) is 6.07 Å². The van der Waals surface area contributed by atoms with E-state index in [2.05, 4.69) is 9.97 Å². The standard InChI is InChI=1S/C9H8N2O2/c12-7-2-4-13-9(5-7)8-1-3-10-6-11-8/h1-4,6,9H,5H2. The molecular formula is C9H8N2O2. The predicted molar refractivity (Wildman–Crippen MR) is 44.6 cm³/mol. The summed E-state index contributed by atoms with van der Waals surface area (Å²) in [6, 6.07) is 1.75. The lowest BCUT2D eigenvalue weighted by molar-refractivity contribution is -0.118. The van der Waals surface area contributed by atoms with Gasteiger partial charge in [0.25, 0.3) is 0 Å². The van der Waals surface area contributed by atoms with Crippen LogP contribution in [0, 0.1) is 0 Å². The second-order valence-electron chi connectivity index (χ2n) is 2.73. The highest BCUT2D eigenvalue weighted by Crippen LogP contribution is 2.22. The number of hydrogen-bond donors (Lipinski definition) is 0. The zero-order valence-corrected chi connectivity index (χ0v) is 6.88. The fourth-order valence-corrected chi connectivity index (χ4v) is 1.17. The molecule has 1 aromatic rings. The summed E-state index contributed by atoms with van der Waals surface area (Å²) in [6.45, 7) is 0. The maximum absolute atomic E-state index is 11.0. The van der Waals surface area contributed by atoms with Gasteiger partial charge in [-0.1, -0.05) is 0 Å². The SMILES string of the molecule is O=C1C=COC(c2ccncn2)C1. The molecular weight excluding hydrogens is 168 g/mol. The van der Waals surface area contributed by atoms with Crippen LogP contribution in [0.2, 0.25) is 0 Å². The van der Waals surface area contributed by atoms with Crippen molar-refractivity contribution in [3.8, 4) is 0 Å². The number of hydrogen-bond acceptors (Lipinski definition) is 4. The first kappa shape index (κ1) is 7.91. The summed E-state index contributed by atoms with van der Waals surface area (Å²) < 4.78 is 5.24. The number of ketones is 1. The Balaban J connectivity index is 2.19. The highest BCUT2D eigenvalue weighted by atomic mass is 16.5. The van der Waals surface area contributed by atoms with Crippen molar-refractivity contribution in [2.45, 2.75) is 12.5 Å². The first-order valence-corrected chi connectivity index (χ1v) is 3.97. The topological polar surface area (TPSA) is 52.1 Å². The average molecular weight is 176 g/mol. The first-order chi connectivity index (χ1) is 6.36. The van der Waals surface area contributed by atoms with Gasteiger partial charge < -0.3 is 4.74 Å². The van der Waals surface area contributed by atoms with Crippen molar-refractivity contribution >= 4 is 5.78 Å². The highest BCUT2D eigenvalue weighted by molar-refractivity contribution is 5.90. The number of nitrogens with zero attached hydrogens (tertiary/aromatic N) is 2. The van der Waals surface area contributed by atoms with Crippen LogP contribution in [0.25, 0.3) is 0 Å². The van der Waals surface area contributed by atoms with Crippen LogP contribution in [-0.2, 0) is 9.53 Å². The number of allylic oxidation sites excluding steroid dienone is 1. The summed E-state index contributed by atoms with van der Waals surface area (Å²) in [5, 5.41) is 0. The number of rotatable bonds is 1. The van der Waals surface area contributed by atoms with Crippen molar-refractivity contribution in [1.29, 1.82) is 0 Å². The molecule has 4 heteroatoms. The van der Waals surface area contributed by atoms with Crippen LogP contribution < -0.4 is 0 Å². The number of carbonyl (C=O) groups excluding carboxylic acids is 1. The lowest BCUT2D eigenvalue weighted by Gasteiger charge is -2.17. The Bertz CT molecular complexity index is 335. The molecule has 0 saturated heterocycles. The van der Waals surface area contributed by atoms with Crippen molar-refractivity contribution in [3.05, 3.63) is 36.6 Å². The third-order valence-corrected chi connectivity index (χ3v) is 1.82. The van der Waals surface area contributed by atoms with Crippen LogP contribution in [-0.4, -0.2) is 15.8 Å². The molecule has 2 rings (SSSR count). The normalized spacial score (nSPS) is 21.2. The van der Waals surface area contributed by atoms with Gasteiger partial charge in [0.1, 0.15) is 12.4 Å². The van der Waals surface area contributed by atoms with Gasteiger partial charge in [-0.2, -0.15) is 0 Å². The molecule has 13 heavy (non-hydrogen) atoms. The zero-order valence-electron chi connectivity index (χ0n) is 6.88.